The zero-order valence-corrected chi connectivity index (χ0v) is 12.8. The van der Waals surface area contributed by atoms with Gasteiger partial charge in [-0.2, -0.15) is 0 Å². The van der Waals surface area contributed by atoms with Gasteiger partial charge >= 0.3 is 0 Å². The van der Waals surface area contributed by atoms with Gasteiger partial charge in [-0.05, 0) is 24.6 Å². The largest absolute Gasteiger partial charge is 0.444 e. The number of rotatable bonds is 6. The number of hydrogen-bond acceptors (Lipinski definition) is 4. The van der Waals surface area contributed by atoms with Gasteiger partial charge in [0.2, 0.25) is 11.8 Å². The summed E-state index contributed by atoms with van der Waals surface area (Å²) in [5.74, 6) is 1.28. The fourth-order valence-corrected chi connectivity index (χ4v) is 1.97. The molecule has 5 nitrogen and oxygen atoms in total. The van der Waals surface area contributed by atoms with E-state index in [0.29, 0.717) is 17.5 Å². The molecule has 0 atom stereocenters. The Labute approximate surface area is 128 Å². The van der Waals surface area contributed by atoms with Crippen LogP contribution in [0.15, 0.2) is 28.8 Å². The quantitative estimate of drug-likeness (QED) is 0.861. The van der Waals surface area contributed by atoms with Crippen molar-refractivity contribution in [3.05, 3.63) is 46.6 Å². The number of aromatic nitrogens is 1. The number of carbonyl (C=O) groups excluding carboxylic acids is 1. The highest BCUT2D eigenvalue weighted by molar-refractivity contribution is 6.31. The van der Waals surface area contributed by atoms with E-state index in [-0.39, 0.29) is 12.5 Å². The second-order valence-electron chi connectivity index (χ2n) is 4.68. The Kier molecular flexibility index (Phi) is 5.36. The summed E-state index contributed by atoms with van der Waals surface area (Å²) in [6.07, 6.45) is 2.51. The normalized spacial score (nSPS) is 10.6. The SMILES string of the molecule is CCc1cnc(CNCC(=O)Nc2cc(Cl)ccc2C)o1. The van der Waals surface area contributed by atoms with Gasteiger partial charge in [0, 0.05) is 17.1 Å². The van der Waals surface area contributed by atoms with Crippen LogP contribution in [-0.4, -0.2) is 17.4 Å². The molecule has 0 radical (unpaired) electrons. The molecule has 0 aliphatic heterocycles. The molecule has 21 heavy (non-hydrogen) atoms. The summed E-state index contributed by atoms with van der Waals surface area (Å²) in [5.41, 5.74) is 1.69. The van der Waals surface area contributed by atoms with Gasteiger partial charge in [-0.3, -0.25) is 10.1 Å². The van der Waals surface area contributed by atoms with Crippen molar-refractivity contribution < 1.29 is 9.21 Å². The number of carbonyl (C=O) groups is 1. The predicted octanol–water partition coefficient (Wildman–Crippen LogP) is 2.93. The van der Waals surface area contributed by atoms with Crippen molar-refractivity contribution in [3.8, 4) is 0 Å². The van der Waals surface area contributed by atoms with Crippen LogP contribution in [0.3, 0.4) is 0 Å². The van der Waals surface area contributed by atoms with Gasteiger partial charge in [0.25, 0.3) is 0 Å². The fraction of sp³-hybridized carbons (Fsp3) is 0.333. The van der Waals surface area contributed by atoms with Gasteiger partial charge < -0.3 is 9.73 Å². The zero-order chi connectivity index (χ0) is 15.2. The van der Waals surface area contributed by atoms with E-state index in [1.165, 1.54) is 0 Å². The molecule has 2 rings (SSSR count). The van der Waals surface area contributed by atoms with Crippen molar-refractivity contribution >= 4 is 23.2 Å². The minimum atomic E-state index is -0.136. The molecule has 0 spiro atoms. The van der Waals surface area contributed by atoms with E-state index < -0.39 is 0 Å². The van der Waals surface area contributed by atoms with Crippen LogP contribution in [0.25, 0.3) is 0 Å². The summed E-state index contributed by atoms with van der Waals surface area (Å²) in [7, 11) is 0. The number of benzene rings is 1. The molecular formula is C15H18ClN3O2. The van der Waals surface area contributed by atoms with E-state index >= 15 is 0 Å². The Bertz CT molecular complexity index is 625. The number of nitrogens with one attached hydrogen (secondary N) is 2. The molecule has 0 saturated heterocycles. The first-order valence-electron chi connectivity index (χ1n) is 6.78. The summed E-state index contributed by atoms with van der Waals surface area (Å²) in [4.78, 5) is 16.0. The van der Waals surface area contributed by atoms with Crippen LogP contribution in [0.2, 0.25) is 5.02 Å². The van der Waals surface area contributed by atoms with E-state index in [1.54, 1.807) is 18.3 Å². The molecule has 1 heterocycles. The molecule has 1 aromatic heterocycles. The van der Waals surface area contributed by atoms with Crippen molar-refractivity contribution in [1.82, 2.24) is 10.3 Å². The summed E-state index contributed by atoms with van der Waals surface area (Å²) in [5, 5.41) is 6.40. The van der Waals surface area contributed by atoms with Gasteiger partial charge in [-0.15, -0.1) is 0 Å². The maximum absolute atomic E-state index is 11.9. The molecule has 0 aliphatic rings. The van der Waals surface area contributed by atoms with Crippen LogP contribution in [0.5, 0.6) is 0 Å². The van der Waals surface area contributed by atoms with Crippen molar-refractivity contribution in [1.29, 1.82) is 0 Å². The standard InChI is InChI=1S/C15H18ClN3O2/c1-3-12-7-18-15(21-12)9-17-8-14(20)19-13-6-11(16)5-4-10(13)2/h4-7,17H,3,8-9H2,1-2H3,(H,19,20). The predicted molar refractivity (Wildman–Crippen MR) is 82.4 cm³/mol. The molecule has 112 valence electrons. The number of nitrogens with zero attached hydrogens (tertiary/aromatic N) is 1. The number of anilines is 1. The zero-order valence-electron chi connectivity index (χ0n) is 12.1. The van der Waals surface area contributed by atoms with Gasteiger partial charge in [0.1, 0.15) is 5.76 Å². The highest BCUT2D eigenvalue weighted by atomic mass is 35.5. The molecule has 0 unspecified atom stereocenters. The van der Waals surface area contributed by atoms with Crippen molar-refractivity contribution in [2.24, 2.45) is 0 Å². The van der Waals surface area contributed by atoms with Crippen molar-refractivity contribution in [2.75, 3.05) is 11.9 Å². The van der Waals surface area contributed by atoms with Gasteiger partial charge in [-0.1, -0.05) is 24.6 Å². The third kappa shape index (κ3) is 4.58. The van der Waals surface area contributed by atoms with Crippen LogP contribution in [0, 0.1) is 6.92 Å². The highest BCUT2D eigenvalue weighted by Crippen LogP contribution is 2.19. The van der Waals surface area contributed by atoms with Gasteiger partial charge in [-0.25, -0.2) is 4.98 Å². The summed E-state index contributed by atoms with van der Waals surface area (Å²) >= 11 is 5.91. The van der Waals surface area contributed by atoms with Crippen molar-refractivity contribution in [3.63, 3.8) is 0 Å². The molecule has 0 bridgehead atoms. The van der Waals surface area contributed by atoms with E-state index in [2.05, 4.69) is 15.6 Å². The van der Waals surface area contributed by atoms with E-state index in [9.17, 15) is 4.79 Å². The topological polar surface area (TPSA) is 67.2 Å². The van der Waals surface area contributed by atoms with Crippen LogP contribution in [-0.2, 0) is 17.8 Å². The van der Waals surface area contributed by atoms with Crippen LogP contribution in [0.4, 0.5) is 5.69 Å². The maximum atomic E-state index is 11.9. The molecule has 0 saturated carbocycles. The fourth-order valence-electron chi connectivity index (χ4n) is 1.80. The lowest BCUT2D eigenvalue weighted by atomic mass is 10.2. The monoisotopic (exact) mass is 307 g/mol. The Morgan fingerprint density at radius 3 is 2.95 bits per heavy atom. The van der Waals surface area contributed by atoms with Gasteiger partial charge in [0.05, 0.1) is 19.3 Å². The lowest BCUT2D eigenvalue weighted by molar-refractivity contribution is -0.115. The molecule has 1 aromatic carbocycles. The Balaban J connectivity index is 1.80. The Hall–Kier alpha value is -1.85. The summed E-state index contributed by atoms with van der Waals surface area (Å²) in [6, 6.07) is 5.39. The molecular weight excluding hydrogens is 290 g/mol. The smallest absolute Gasteiger partial charge is 0.238 e. The first-order valence-corrected chi connectivity index (χ1v) is 7.16. The number of oxazole rings is 1. The average Bonchev–Trinajstić information content (AvgIpc) is 2.91. The molecule has 2 aromatic rings. The second-order valence-corrected chi connectivity index (χ2v) is 5.12. The lowest BCUT2D eigenvalue weighted by Crippen LogP contribution is -2.28. The lowest BCUT2D eigenvalue weighted by Gasteiger charge is -2.09. The van der Waals surface area contributed by atoms with Crippen LogP contribution < -0.4 is 10.6 Å². The van der Waals surface area contributed by atoms with E-state index in [4.69, 9.17) is 16.0 Å². The number of aryl methyl sites for hydroxylation is 2. The third-order valence-corrected chi connectivity index (χ3v) is 3.22. The second kappa shape index (κ2) is 7.24. The maximum Gasteiger partial charge on any atom is 0.238 e. The number of hydrogen-bond donors (Lipinski definition) is 2. The molecule has 0 fully saturated rings. The average molecular weight is 308 g/mol. The first kappa shape index (κ1) is 15.5. The van der Waals surface area contributed by atoms with Crippen molar-refractivity contribution in [2.45, 2.75) is 26.8 Å². The van der Waals surface area contributed by atoms with Gasteiger partial charge in [0.15, 0.2) is 0 Å². The number of halogens is 1. The van der Waals surface area contributed by atoms with E-state index in [1.807, 2.05) is 19.9 Å². The molecule has 6 heteroatoms. The molecule has 1 amide bonds. The summed E-state index contributed by atoms with van der Waals surface area (Å²) < 4.78 is 5.44. The van der Waals surface area contributed by atoms with E-state index in [0.717, 1.165) is 23.4 Å². The highest BCUT2D eigenvalue weighted by Gasteiger charge is 2.07. The third-order valence-electron chi connectivity index (χ3n) is 2.99. The summed E-state index contributed by atoms with van der Waals surface area (Å²) in [6.45, 7) is 4.51. The minimum Gasteiger partial charge on any atom is -0.444 e. The minimum absolute atomic E-state index is 0.136. The Morgan fingerprint density at radius 1 is 1.43 bits per heavy atom. The molecule has 0 aliphatic carbocycles. The Morgan fingerprint density at radius 2 is 2.24 bits per heavy atom. The first-order chi connectivity index (χ1) is 10.1. The van der Waals surface area contributed by atoms with Crippen LogP contribution >= 0.6 is 11.6 Å². The molecule has 2 N–H and O–H groups in total. The number of amides is 1. The van der Waals surface area contributed by atoms with Crippen LogP contribution in [0.1, 0.15) is 24.1 Å².